The van der Waals surface area contributed by atoms with Crippen LogP contribution in [0.5, 0.6) is 5.75 Å². The van der Waals surface area contributed by atoms with Crippen molar-refractivity contribution in [1.82, 2.24) is 5.32 Å². The minimum atomic E-state index is -0.559. The van der Waals surface area contributed by atoms with Crippen LogP contribution in [0.3, 0.4) is 0 Å². The molecule has 2 aromatic rings. The molecule has 1 aliphatic rings. The van der Waals surface area contributed by atoms with E-state index in [1.165, 1.54) is 6.07 Å². The van der Waals surface area contributed by atoms with E-state index in [2.05, 4.69) is 5.32 Å². The van der Waals surface area contributed by atoms with Gasteiger partial charge < -0.3 is 14.8 Å². The van der Waals surface area contributed by atoms with Crippen LogP contribution in [0.15, 0.2) is 48.5 Å². The Bertz CT molecular complexity index is 771. The first-order chi connectivity index (χ1) is 12.3. The summed E-state index contributed by atoms with van der Waals surface area (Å²) < 4.78 is 25.5. The first-order valence-electron chi connectivity index (χ1n) is 8.78. The third-order valence-electron chi connectivity index (χ3n) is 4.11. The summed E-state index contributed by atoms with van der Waals surface area (Å²) >= 11 is 0. The number of benzene rings is 2. The molecule has 1 amide bonds. The first-order valence-corrected chi connectivity index (χ1v) is 8.78. The van der Waals surface area contributed by atoms with Gasteiger partial charge in [0.2, 0.25) is 0 Å². The second kappa shape index (κ2) is 7.36. The van der Waals surface area contributed by atoms with Crippen molar-refractivity contribution in [2.45, 2.75) is 51.4 Å². The number of ether oxygens (including phenoxy) is 2. The van der Waals surface area contributed by atoms with Crippen LogP contribution in [-0.4, -0.2) is 17.7 Å². The maximum atomic E-state index is 14.4. The van der Waals surface area contributed by atoms with Gasteiger partial charge in [-0.2, -0.15) is 0 Å². The van der Waals surface area contributed by atoms with E-state index in [1.807, 2.05) is 51.1 Å². The fourth-order valence-corrected chi connectivity index (χ4v) is 2.87. The minimum Gasteiger partial charge on any atom is -0.489 e. The molecule has 0 bridgehead atoms. The first kappa shape index (κ1) is 18.2. The number of nitrogens with one attached hydrogen (secondary N) is 1. The normalized spacial score (nSPS) is 18.9. The Balaban J connectivity index is 1.66. The highest BCUT2D eigenvalue weighted by Crippen LogP contribution is 2.46. The predicted molar refractivity (Wildman–Crippen MR) is 97.7 cm³/mol. The molecule has 0 saturated heterocycles. The lowest BCUT2D eigenvalue weighted by molar-refractivity contribution is 0.0522. The molecule has 0 aliphatic heterocycles. The van der Waals surface area contributed by atoms with E-state index in [9.17, 15) is 9.18 Å². The SMILES string of the molecule is CC(C)(C)OC(=O)NC1CC1c1c(F)cccc1OCc1ccccc1. The molecular weight excluding hydrogens is 333 g/mol. The van der Waals surface area contributed by atoms with Crippen LogP contribution >= 0.6 is 0 Å². The number of halogens is 1. The van der Waals surface area contributed by atoms with E-state index >= 15 is 0 Å². The van der Waals surface area contributed by atoms with Crippen molar-refractivity contribution in [3.05, 3.63) is 65.5 Å². The topological polar surface area (TPSA) is 47.6 Å². The van der Waals surface area contributed by atoms with Crippen molar-refractivity contribution in [2.24, 2.45) is 0 Å². The van der Waals surface area contributed by atoms with Crippen molar-refractivity contribution in [3.63, 3.8) is 0 Å². The molecule has 2 aromatic carbocycles. The standard InChI is InChI=1S/C21H24FNO3/c1-21(2,3)26-20(24)23-17-12-15(17)19-16(22)10-7-11-18(19)25-13-14-8-5-4-6-9-14/h4-11,15,17H,12-13H2,1-3H3,(H,23,24). The maximum absolute atomic E-state index is 14.4. The van der Waals surface area contributed by atoms with Crippen LogP contribution in [0.1, 0.15) is 44.2 Å². The van der Waals surface area contributed by atoms with Gasteiger partial charge in [-0.25, -0.2) is 9.18 Å². The predicted octanol–water partition coefficient (Wildman–Crippen LogP) is 4.79. The van der Waals surface area contributed by atoms with Gasteiger partial charge in [-0.1, -0.05) is 36.4 Å². The van der Waals surface area contributed by atoms with Crippen LogP contribution in [0, 0.1) is 5.82 Å². The van der Waals surface area contributed by atoms with Gasteiger partial charge in [-0.05, 0) is 44.9 Å². The fourth-order valence-electron chi connectivity index (χ4n) is 2.87. The molecule has 1 fully saturated rings. The number of carbonyl (C=O) groups is 1. The fraction of sp³-hybridized carbons (Fsp3) is 0.381. The largest absolute Gasteiger partial charge is 0.489 e. The average molecular weight is 357 g/mol. The van der Waals surface area contributed by atoms with Gasteiger partial charge in [-0.3, -0.25) is 0 Å². The molecule has 0 radical (unpaired) electrons. The molecule has 2 atom stereocenters. The summed E-state index contributed by atoms with van der Waals surface area (Å²) in [5.41, 5.74) is 0.975. The Morgan fingerprint density at radius 3 is 2.58 bits per heavy atom. The Labute approximate surface area is 153 Å². The van der Waals surface area contributed by atoms with E-state index in [-0.39, 0.29) is 17.8 Å². The lowest BCUT2D eigenvalue weighted by atomic mass is 10.1. The molecule has 0 heterocycles. The van der Waals surface area contributed by atoms with Crippen molar-refractivity contribution in [2.75, 3.05) is 0 Å². The summed E-state index contributed by atoms with van der Waals surface area (Å²) in [5, 5.41) is 2.80. The quantitative estimate of drug-likeness (QED) is 0.837. The van der Waals surface area contributed by atoms with Gasteiger partial charge in [0.1, 0.15) is 23.8 Å². The Kier molecular flexibility index (Phi) is 5.16. The van der Waals surface area contributed by atoms with Gasteiger partial charge in [0.05, 0.1) is 0 Å². The average Bonchev–Trinajstić information content (AvgIpc) is 3.30. The maximum Gasteiger partial charge on any atom is 0.407 e. The summed E-state index contributed by atoms with van der Waals surface area (Å²) in [6.07, 6.45) is 0.190. The van der Waals surface area contributed by atoms with Gasteiger partial charge in [0, 0.05) is 17.5 Å². The van der Waals surface area contributed by atoms with Crippen molar-refractivity contribution in [3.8, 4) is 5.75 Å². The van der Waals surface area contributed by atoms with Crippen molar-refractivity contribution < 1.29 is 18.7 Å². The molecule has 3 rings (SSSR count). The van der Waals surface area contributed by atoms with E-state index in [1.54, 1.807) is 12.1 Å². The summed E-state index contributed by atoms with van der Waals surface area (Å²) in [5.74, 6) is 0.107. The molecule has 26 heavy (non-hydrogen) atoms. The molecule has 0 aromatic heterocycles. The molecule has 1 saturated carbocycles. The Hall–Kier alpha value is -2.56. The van der Waals surface area contributed by atoms with E-state index in [4.69, 9.17) is 9.47 Å². The number of carbonyl (C=O) groups excluding carboxylic acids is 1. The summed E-state index contributed by atoms with van der Waals surface area (Å²) in [7, 11) is 0. The molecule has 2 unspecified atom stereocenters. The second-order valence-electron chi connectivity index (χ2n) is 7.52. The lowest BCUT2D eigenvalue weighted by Gasteiger charge is -2.20. The van der Waals surface area contributed by atoms with Crippen molar-refractivity contribution in [1.29, 1.82) is 0 Å². The second-order valence-corrected chi connectivity index (χ2v) is 7.52. The minimum absolute atomic E-state index is 0.102. The van der Waals surface area contributed by atoms with E-state index in [0.29, 0.717) is 24.3 Å². The molecule has 5 heteroatoms. The summed E-state index contributed by atoms with van der Waals surface area (Å²) in [4.78, 5) is 11.9. The van der Waals surface area contributed by atoms with E-state index in [0.717, 1.165) is 5.56 Å². The highest BCUT2D eigenvalue weighted by atomic mass is 19.1. The third kappa shape index (κ3) is 4.75. The summed E-state index contributed by atoms with van der Waals surface area (Å²) in [6, 6.07) is 14.4. The number of hydrogen-bond donors (Lipinski definition) is 1. The van der Waals surface area contributed by atoms with Crippen LogP contribution in [0.25, 0.3) is 0 Å². The van der Waals surface area contributed by atoms with Crippen LogP contribution in [-0.2, 0) is 11.3 Å². The van der Waals surface area contributed by atoms with Gasteiger partial charge in [0.25, 0.3) is 0 Å². The zero-order chi connectivity index (χ0) is 18.7. The Morgan fingerprint density at radius 2 is 1.88 bits per heavy atom. The zero-order valence-corrected chi connectivity index (χ0v) is 15.3. The number of rotatable bonds is 5. The zero-order valence-electron chi connectivity index (χ0n) is 15.3. The van der Waals surface area contributed by atoms with E-state index < -0.39 is 11.7 Å². The Morgan fingerprint density at radius 1 is 1.15 bits per heavy atom. The molecule has 1 N–H and O–H groups in total. The molecule has 4 nitrogen and oxygen atoms in total. The lowest BCUT2D eigenvalue weighted by Crippen LogP contribution is -2.34. The van der Waals surface area contributed by atoms with Crippen LogP contribution < -0.4 is 10.1 Å². The number of amides is 1. The smallest absolute Gasteiger partial charge is 0.407 e. The number of hydrogen-bond acceptors (Lipinski definition) is 3. The van der Waals surface area contributed by atoms with Gasteiger partial charge in [-0.15, -0.1) is 0 Å². The molecule has 138 valence electrons. The van der Waals surface area contributed by atoms with Crippen LogP contribution in [0.2, 0.25) is 0 Å². The molecule has 0 spiro atoms. The monoisotopic (exact) mass is 357 g/mol. The van der Waals surface area contributed by atoms with Gasteiger partial charge >= 0.3 is 6.09 Å². The third-order valence-corrected chi connectivity index (χ3v) is 4.11. The van der Waals surface area contributed by atoms with Crippen LogP contribution in [0.4, 0.5) is 9.18 Å². The molecule has 1 aliphatic carbocycles. The summed E-state index contributed by atoms with van der Waals surface area (Å²) in [6.45, 7) is 5.80. The highest BCUT2D eigenvalue weighted by Gasteiger charge is 2.43. The molecular formula is C21H24FNO3. The highest BCUT2D eigenvalue weighted by molar-refractivity contribution is 5.69. The van der Waals surface area contributed by atoms with Crippen molar-refractivity contribution >= 4 is 6.09 Å². The van der Waals surface area contributed by atoms with Gasteiger partial charge in [0.15, 0.2) is 0 Å². The number of alkyl carbamates (subject to hydrolysis) is 1.